The van der Waals surface area contributed by atoms with Gasteiger partial charge in [-0.2, -0.15) is 0 Å². The molecule has 0 radical (unpaired) electrons. The molecule has 2 aromatic heterocycles. The van der Waals surface area contributed by atoms with E-state index >= 15 is 0 Å². The second-order valence-corrected chi connectivity index (χ2v) is 7.59. The van der Waals surface area contributed by atoms with Crippen LogP contribution in [0, 0.1) is 0 Å². The Balaban J connectivity index is 1.58. The normalized spacial score (nSPS) is 10.5. The standard InChI is InChI=1S/C14H11N3O2S3/c18-12(19)11-7-6-10(21-11)8-20-14-17-16-13(22-14)15-9-4-2-1-3-5-9/h1-7H,8H2,(H,15,16)(H,18,19). The van der Waals surface area contributed by atoms with Gasteiger partial charge in [0.15, 0.2) is 4.34 Å². The number of nitrogens with zero attached hydrogens (tertiary/aromatic N) is 2. The summed E-state index contributed by atoms with van der Waals surface area (Å²) in [5, 5.41) is 21.1. The molecule has 2 heterocycles. The quantitative estimate of drug-likeness (QED) is 0.645. The van der Waals surface area contributed by atoms with Crippen molar-refractivity contribution in [3.8, 4) is 0 Å². The highest BCUT2D eigenvalue weighted by Gasteiger charge is 2.09. The molecule has 1 aromatic carbocycles. The van der Waals surface area contributed by atoms with Crippen LogP contribution < -0.4 is 5.32 Å². The van der Waals surface area contributed by atoms with Gasteiger partial charge in [-0.3, -0.25) is 0 Å². The van der Waals surface area contributed by atoms with E-state index in [9.17, 15) is 4.79 Å². The molecule has 8 heteroatoms. The van der Waals surface area contributed by atoms with Crippen LogP contribution in [0.25, 0.3) is 0 Å². The van der Waals surface area contributed by atoms with Crippen molar-refractivity contribution in [2.45, 2.75) is 10.1 Å². The molecule has 0 aliphatic rings. The van der Waals surface area contributed by atoms with E-state index in [1.165, 1.54) is 22.7 Å². The minimum absolute atomic E-state index is 0.360. The van der Waals surface area contributed by atoms with Crippen LogP contribution in [0.15, 0.2) is 46.8 Å². The number of carbonyl (C=O) groups is 1. The molecule has 0 amide bonds. The van der Waals surface area contributed by atoms with Crippen LogP contribution >= 0.6 is 34.4 Å². The van der Waals surface area contributed by atoms with Gasteiger partial charge in [0.2, 0.25) is 5.13 Å². The lowest BCUT2D eigenvalue weighted by molar-refractivity contribution is 0.0702. The Labute approximate surface area is 139 Å². The third-order valence-corrected chi connectivity index (χ3v) is 5.92. The minimum atomic E-state index is -0.883. The molecule has 0 atom stereocenters. The number of anilines is 2. The average molecular weight is 349 g/mol. The van der Waals surface area contributed by atoms with E-state index in [0.717, 1.165) is 20.0 Å². The van der Waals surface area contributed by atoms with Crippen molar-refractivity contribution in [3.63, 3.8) is 0 Å². The number of hydrogen-bond donors (Lipinski definition) is 2. The number of benzene rings is 1. The number of carboxylic acid groups (broad SMARTS) is 1. The van der Waals surface area contributed by atoms with Crippen LogP contribution in [-0.2, 0) is 5.75 Å². The third kappa shape index (κ3) is 3.85. The summed E-state index contributed by atoms with van der Waals surface area (Å²) in [7, 11) is 0. The highest BCUT2D eigenvalue weighted by atomic mass is 32.2. The van der Waals surface area contributed by atoms with Crippen molar-refractivity contribution < 1.29 is 9.90 Å². The zero-order valence-electron chi connectivity index (χ0n) is 11.2. The number of nitrogens with one attached hydrogen (secondary N) is 1. The minimum Gasteiger partial charge on any atom is -0.477 e. The number of rotatable bonds is 6. The second kappa shape index (κ2) is 6.91. The van der Waals surface area contributed by atoms with Gasteiger partial charge in [0.05, 0.1) is 0 Å². The zero-order chi connectivity index (χ0) is 15.4. The molecule has 0 fully saturated rings. The fraction of sp³-hybridized carbons (Fsp3) is 0.0714. The Morgan fingerprint density at radius 3 is 2.68 bits per heavy atom. The highest BCUT2D eigenvalue weighted by molar-refractivity contribution is 8.00. The van der Waals surface area contributed by atoms with E-state index in [1.807, 2.05) is 36.4 Å². The predicted octanol–water partition coefficient (Wildman–Crippen LogP) is 4.33. The summed E-state index contributed by atoms with van der Waals surface area (Å²) in [5.41, 5.74) is 0.972. The predicted molar refractivity (Wildman–Crippen MR) is 90.5 cm³/mol. The van der Waals surface area contributed by atoms with Gasteiger partial charge >= 0.3 is 5.97 Å². The molecule has 3 aromatic rings. The van der Waals surface area contributed by atoms with Gasteiger partial charge in [-0.1, -0.05) is 41.3 Å². The summed E-state index contributed by atoms with van der Waals surface area (Å²) in [4.78, 5) is 12.2. The molecular formula is C14H11N3O2S3. The van der Waals surface area contributed by atoms with E-state index in [4.69, 9.17) is 5.11 Å². The first kappa shape index (κ1) is 15.0. The fourth-order valence-corrected chi connectivity index (χ4v) is 4.33. The molecule has 22 heavy (non-hydrogen) atoms. The summed E-state index contributed by atoms with van der Waals surface area (Å²) < 4.78 is 0.851. The molecule has 0 aliphatic heterocycles. The van der Waals surface area contributed by atoms with Crippen molar-refractivity contribution in [2.75, 3.05) is 5.32 Å². The monoisotopic (exact) mass is 349 g/mol. The van der Waals surface area contributed by atoms with Crippen LogP contribution in [0.5, 0.6) is 0 Å². The Bertz CT molecular complexity index is 771. The lowest BCUT2D eigenvalue weighted by Crippen LogP contribution is -1.89. The van der Waals surface area contributed by atoms with Crippen molar-refractivity contribution >= 4 is 51.2 Å². The molecule has 5 nitrogen and oxygen atoms in total. The average Bonchev–Trinajstić information content (AvgIpc) is 3.15. The van der Waals surface area contributed by atoms with Crippen LogP contribution in [0.4, 0.5) is 10.8 Å². The molecule has 0 saturated carbocycles. The Morgan fingerprint density at radius 2 is 1.95 bits per heavy atom. The third-order valence-electron chi connectivity index (χ3n) is 2.64. The maximum absolute atomic E-state index is 10.8. The molecule has 2 N–H and O–H groups in total. The van der Waals surface area contributed by atoms with Gasteiger partial charge in [0, 0.05) is 16.3 Å². The number of carboxylic acids is 1. The number of para-hydroxylation sites is 1. The molecule has 0 unspecified atom stereocenters. The van der Waals surface area contributed by atoms with E-state index in [2.05, 4.69) is 15.5 Å². The summed E-state index contributed by atoms with van der Waals surface area (Å²) >= 11 is 4.32. The Morgan fingerprint density at radius 1 is 1.14 bits per heavy atom. The highest BCUT2D eigenvalue weighted by Crippen LogP contribution is 2.31. The molecule has 0 aliphatic carbocycles. The summed E-state index contributed by atoms with van der Waals surface area (Å²) in [6.07, 6.45) is 0. The summed E-state index contributed by atoms with van der Waals surface area (Å²) in [6, 6.07) is 13.3. The summed E-state index contributed by atoms with van der Waals surface area (Å²) in [5.74, 6) is -0.190. The van der Waals surface area contributed by atoms with Crippen LogP contribution in [0.3, 0.4) is 0 Å². The van der Waals surface area contributed by atoms with Crippen molar-refractivity contribution in [1.82, 2.24) is 10.2 Å². The first-order chi connectivity index (χ1) is 10.7. The Hall–Kier alpha value is -1.90. The molecular weight excluding hydrogens is 338 g/mol. The number of hydrogen-bond acceptors (Lipinski definition) is 7. The van der Waals surface area contributed by atoms with E-state index in [0.29, 0.717) is 10.6 Å². The summed E-state index contributed by atoms with van der Waals surface area (Å²) in [6.45, 7) is 0. The number of aromatic carboxylic acids is 1. The van der Waals surface area contributed by atoms with Crippen molar-refractivity contribution in [3.05, 3.63) is 52.2 Å². The van der Waals surface area contributed by atoms with Crippen LogP contribution in [-0.4, -0.2) is 21.3 Å². The lowest BCUT2D eigenvalue weighted by atomic mass is 10.3. The molecule has 0 bridgehead atoms. The number of thiophene rings is 1. The van der Waals surface area contributed by atoms with Crippen LogP contribution in [0.2, 0.25) is 0 Å². The number of aromatic nitrogens is 2. The number of thioether (sulfide) groups is 1. The Kier molecular flexibility index (Phi) is 4.71. The van der Waals surface area contributed by atoms with E-state index in [1.54, 1.807) is 17.8 Å². The van der Waals surface area contributed by atoms with Gasteiger partial charge in [-0.15, -0.1) is 21.5 Å². The maximum Gasteiger partial charge on any atom is 0.345 e. The van der Waals surface area contributed by atoms with Gasteiger partial charge in [0.1, 0.15) is 4.88 Å². The second-order valence-electron chi connectivity index (χ2n) is 4.22. The SMILES string of the molecule is O=C(O)c1ccc(CSc2nnc(Nc3ccccc3)s2)s1. The lowest BCUT2D eigenvalue weighted by Gasteiger charge is -1.99. The first-order valence-electron chi connectivity index (χ1n) is 6.31. The molecule has 3 rings (SSSR count). The molecule has 0 saturated heterocycles. The van der Waals surface area contributed by atoms with Gasteiger partial charge in [-0.05, 0) is 24.3 Å². The molecule has 112 valence electrons. The van der Waals surface area contributed by atoms with E-state index < -0.39 is 5.97 Å². The van der Waals surface area contributed by atoms with E-state index in [-0.39, 0.29) is 0 Å². The van der Waals surface area contributed by atoms with Gasteiger partial charge < -0.3 is 10.4 Å². The molecule has 0 spiro atoms. The maximum atomic E-state index is 10.8. The van der Waals surface area contributed by atoms with Crippen LogP contribution in [0.1, 0.15) is 14.5 Å². The van der Waals surface area contributed by atoms with Gasteiger partial charge in [-0.25, -0.2) is 4.79 Å². The smallest absolute Gasteiger partial charge is 0.345 e. The van der Waals surface area contributed by atoms with Crippen molar-refractivity contribution in [1.29, 1.82) is 0 Å². The van der Waals surface area contributed by atoms with Crippen molar-refractivity contribution in [2.24, 2.45) is 0 Å². The first-order valence-corrected chi connectivity index (χ1v) is 8.93. The zero-order valence-corrected chi connectivity index (χ0v) is 13.7. The van der Waals surface area contributed by atoms with Gasteiger partial charge in [0.25, 0.3) is 0 Å². The largest absolute Gasteiger partial charge is 0.477 e. The fourth-order valence-electron chi connectivity index (χ4n) is 1.67. The topological polar surface area (TPSA) is 75.1 Å².